The molecule has 7 heteroatoms. The number of hydrogen-bond donors (Lipinski definition) is 0. The van der Waals surface area contributed by atoms with Crippen LogP contribution in [0.2, 0.25) is 0 Å². The molecule has 31 heavy (non-hydrogen) atoms. The lowest BCUT2D eigenvalue weighted by molar-refractivity contribution is 0.159. The Kier molecular flexibility index (Phi) is 7.56. The molecule has 0 aromatic heterocycles. The summed E-state index contributed by atoms with van der Waals surface area (Å²) in [6.45, 7) is 9.50. The highest BCUT2D eigenvalue weighted by molar-refractivity contribution is 5.75. The number of urea groups is 1. The van der Waals surface area contributed by atoms with Crippen LogP contribution in [0.4, 0.5) is 10.5 Å². The number of rotatable bonds is 7. The molecule has 1 aromatic carbocycles. The van der Waals surface area contributed by atoms with Crippen LogP contribution in [0.25, 0.3) is 0 Å². The van der Waals surface area contributed by atoms with E-state index < -0.39 is 0 Å². The van der Waals surface area contributed by atoms with Gasteiger partial charge in [0.25, 0.3) is 0 Å². The van der Waals surface area contributed by atoms with Crippen molar-refractivity contribution >= 4 is 11.7 Å². The highest BCUT2D eigenvalue weighted by Crippen LogP contribution is 2.22. The van der Waals surface area contributed by atoms with Gasteiger partial charge >= 0.3 is 6.03 Å². The van der Waals surface area contributed by atoms with Gasteiger partial charge in [0, 0.05) is 64.1 Å². The molecule has 3 aliphatic rings. The van der Waals surface area contributed by atoms with E-state index in [2.05, 4.69) is 53.1 Å². The minimum atomic E-state index is 0.229. The van der Waals surface area contributed by atoms with Gasteiger partial charge in [0.2, 0.25) is 0 Å². The Morgan fingerprint density at radius 2 is 1.65 bits per heavy atom. The van der Waals surface area contributed by atoms with Gasteiger partial charge in [-0.2, -0.15) is 0 Å². The molecule has 1 aromatic rings. The molecule has 0 saturated carbocycles. The minimum absolute atomic E-state index is 0.229. The number of benzene rings is 1. The SMILES string of the molecule is CN(C)[C@H]1CCN(CCCOc2ccc(N3CCN(C(=O)N4CCCC4)CC3)cc2)C1. The largest absolute Gasteiger partial charge is 0.494 e. The third-order valence-corrected chi connectivity index (χ3v) is 6.99. The second-order valence-corrected chi connectivity index (χ2v) is 9.35. The van der Waals surface area contributed by atoms with E-state index in [0.717, 1.165) is 77.4 Å². The Morgan fingerprint density at radius 1 is 0.968 bits per heavy atom. The van der Waals surface area contributed by atoms with Crippen LogP contribution in [0.5, 0.6) is 5.75 Å². The molecule has 4 rings (SSSR count). The molecule has 172 valence electrons. The molecule has 3 heterocycles. The molecule has 3 aliphatic heterocycles. The van der Waals surface area contributed by atoms with Gasteiger partial charge < -0.3 is 29.2 Å². The number of likely N-dealkylation sites (tertiary alicyclic amines) is 2. The van der Waals surface area contributed by atoms with Crippen molar-refractivity contribution in [2.45, 2.75) is 31.7 Å². The molecule has 7 nitrogen and oxygen atoms in total. The van der Waals surface area contributed by atoms with Crippen molar-refractivity contribution in [1.29, 1.82) is 0 Å². The summed E-state index contributed by atoms with van der Waals surface area (Å²) < 4.78 is 5.97. The van der Waals surface area contributed by atoms with Crippen LogP contribution in [-0.2, 0) is 0 Å². The number of likely N-dealkylation sites (N-methyl/N-ethyl adjacent to an activating group) is 1. The van der Waals surface area contributed by atoms with Crippen LogP contribution >= 0.6 is 0 Å². The maximum absolute atomic E-state index is 12.6. The highest BCUT2D eigenvalue weighted by atomic mass is 16.5. The van der Waals surface area contributed by atoms with Crippen LogP contribution in [0.1, 0.15) is 25.7 Å². The Morgan fingerprint density at radius 3 is 2.29 bits per heavy atom. The molecule has 0 unspecified atom stereocenters. The first kappa shape index (κ1) is 22.2. The first-order valence-corrected chi connectivity index (χ1v) is 12.0. The number of anilines is 1. The lowest BCUT2D eigenvalue weighted by Crippen LogP contribution is -2.52. The van der Waals surface area contributed by atoms with Crippen LogP contribution < -0.4 is 9.64 Å². The summed E-state index contributed by atoms with van der Waals surface area (Å²) in [5, 5.41) is 0. The lowest BCUT2D eigenvalue weighted by atomic mass is 10.2. The summed E-state index contributed by atoms with van der Waals surface area (Å²) in [4.78, 5) is 23.8. The van der Waals surface area contributed by atoms with Crippen LogP contribution in [-0.4, -0.2) is 111 Å². The lowest BCUT2D eigenvalue weighted by Gasteiger charge is -2.37. The summed E-state index contributed by atoms with van der Waals surface area (Å²) in [7, 11) is 4.35. The molecule has 0 bridgehead atoms. The van der Waals surface area contributed by atoms with Gasteiger partial charge in [-0.25, -0.2) is 4.79 Å². The number of hydrogen-bond acceptors (Lipinski definition) is 5. The van der Waals surface area contributed by atoms with Crippen molar-refractivity contribution in [1.82, 2.24) is 19.6 Å². The second-order valence-electron chi connectivity index (χ2n) is 9.35. The van der Waals surface area contributed by atoms with Gasteiger partial charge in [-0.15, -0.1) is 0 Å². The van der Waals surface area contributed by atoms with Crippen molar-refractivity contribution in [2.24, 2.45) is 0 Å². The summed E-state index contributed by atoms with van der Waals surface area (Å²) >= 11 is 0. The number of amides is 2. The van der Waals surface area contributed by atoms with Crippen molar-refractivity contribution in [2.75, 3.05) is 84.5 Å². The fraction of sp³-hybridized carbons (Fsp3) is 0.708. The summed E-state index contributed by atoms with van der Waals surface area (Å²) in [5.41, 5.74) is 1.22. The average Bonchev–Trinajstić information content (AvgIpc) is 3.49. The number of carbonyl (C=O) groups is 1. The molecule has 2 amide bonds. The molecule has 3 fully saturated rings. The average molecular weight is 430 g/mol. The molecular formula is C24H39N5O2. The molecule has 3 saturated heterocycles. The van der Waals surface area contributed by atoms with Gasteiger partial charge in [0.1, 0.15) is 5.75 Å². The van der Waals surface area contributed by atoms with E-state index in [4.69, 9.17) is 4.74 Å². The first-order valence-electron chi connectivity index (χ1n) is 12.0. The van der Waals surface area contributed by atoms with Gasteiger partial charge in [0.05, 0.1) is 6.61 Å². The summed E-state index contributed by atoms with van der Waals surface area (Å²) in [6, 6.07) is 9.38. The number of carbonyl (C=O) groups excluding carboxylic acids is 1. The maximum atomic E-state index is 12.6. The van der Waals surface area contributed by atoms with Crippen molar-refractivity contribution in [3.8, 4) is 5.75 Å². The quantitative estimate of drug-likeness (QED) is 0.623. The number of ether oxygens (including phenoxy) is 1. The van der Waals surface area contributed by atoms with E-state index in [-0.39, 0.29) is 6.03 Å². The first-order chi connectivity index (χ1) is 15.1. The molecule has 1 atom stereocenters. The van der Waals surface area contributed by atoms with Gasteiger partial charge in [0.15, 0.2) is 0 Å². The zero-order valence-corrected chi connectivity index (χ0v) is 19.3. The van der Waals surface area contributed by atoms with E-state index >= 15 is 0 Å². The monoisotopic (exact) mass is 429 g/mol. The van der Waals surface area contributed by atoms with E-state index in [0.29, 0.717) is 6.04 Å². The Bertz CT molecular complexity index is 696. The third-order valence-electron chi connectivity index (χ3n) is 6.99. The Balaban J connectivity index is 1.15. The maximum Gasteiger partial charge on any atom is 0.320 e. The smallest absolute Gasteiger partial charge is 0.320 e. The molecule has 0 aliphatic carbocycles. The van der Waals surface area contributed by atoms with Crippen molar-refractivity contribution < 1.29 is 9.53 Å². The van der Waals surface area contributed by atoms with Crippen molar-refractivity contribution in [3.63, 3.8) is 0 Å². The van der Waals surface area contributed by atoms with Crippen LogP contribution in [0.15, 0.2) is 24.3 Å². The van der Waals surface area contributed by atoms with E-state index in [1.54, 1.807) is 0 Å². The highest BCUT2D eigenvalue weighted by Gasteiger charge is 2.27. The fourth-order valence-electron chi connectivity index (χ4n) is 4.93. The summed E-state index contributed by atoms with van der Waals surface area (Å²) in [5.74, 6) is 0.944. The van der Waals surface area contributed by atoms with E-state index in [1.165, 1.54) is 25.2 Å². The van der Waals surface area contributed by atoms with E-state index in [1.807, 2.05) is 9.80 Å². The van der Waals surface area contributed by atoms with Crippen LogP contribution in [0, 0.1) is 0 Å². The predicted octanol–water partition coefficient (Wildman–Crippen LogP) is 2.43. The topological polar surface area (TPSA) is 42.5 Å². The third kappa shape index (κ3) is 5.83. The standard InChI is InChI=1S/C24H39N5O2/c1-25(2)22-10-14-26(20-22)11-5-19-31-23-8-6-21(7-9-23)27-15-17-29(18-16-27)24(30)28-12-3-4-13-28/h6-9,22H,3-5,10-20H2,1-2H3/t22-/m0/s1. The van der Waals surface area contributed by atoms with Gasteiger partial charge in [-0.1, -0.05) is 0 Å². The number of nitrogens with zero attached hydrogens (tertiary/aromatic N) is 5. The summed E-state index contributed by atoms with van der Waals surface area (Å²) in [6.07, 6.45) is 4.63. The van der Waals surface area contributed by atoms with E-state index in [9.17, 15) is 4.79 Å². The van der Waals surface area contributed by atoms with Crippen molar-refractivity contribution in [3.05, 3.63) is 24.3 Å². The zero-order chi connectivity index (χ0) is 21.6. The molecule has 0 radical (unpaired) electrons. The fourth-order valence-corrected chi connectivity index (χ4v) is 4.93. The number of piperazine rings is 1. The second kappa shape index (κ2) is 10.6. The zero-order valence-electron chi connectivity index (χ0n) is 19.3. The Hall–Kier alpha value is -1.99. The normalized spacial score (nSPS) is 22.5. The molecular weight excluding hydrogens is 390 g/mol. The van der Waals surface area contributed by atoms with Crippen LogP contribution in [0.3, 0.4) is 0 Å². The van der Waals surface area contributed by atoms with Gasteiger partial charge in [-0.05, 0) is 70.6 Å². The molecule has 0 spiro atoms. The van der Waals surface area contributed by atoms with Gasteiger partial charge in [-0.3, -0.25) is 0 Å². The Labute approximate surface area is 187 Å². The predicted molar refractivity (Wildman–Crippen MR) is 125 cm³/mol. The molecule has 0 N–H and O–H groups in total. The minimum Gasteiger partial charge on any atom is -0.494 e.